The second-order valence-corrected chi connectivity index (χ2v) is 5.27. The molecule has 138 valence electrons. The van der Waals surface area contributed by atoms with Crippen molar-refractivity contribution in [1.82, 2.24) is 9.97 Å². The molecule has 4 heteroatoms. The van der Waals surface area contributed by atoms with E-state index in [-0.39, 0.29) is 0 Å². The van der Waals surface area contributed by atoms with Gasteiger partial charge in [-0.1, -0.05) is 64.1 Å². The van der Waals surface area contributed by atoms with Crippen LogP contribution in [0.3, 0.4) is 0 Å². The topological polar surface area (TPSA) is 42.0 Å². The van der Waals surface area contributed by atoms with Gasteiger partial charge in [0.2, 0.25) is 0 Å². The largest absolute Gasteiger partial charge is 0.341 e. The van der Waals surface area contributed by atoms with Gasteiger partial charge in [0.15, 0.2) is 6.21 Å². The second kappa shape index (κ2) is 10.8. The summed E-state index contributed by atoms with van der Waals surface area (Å²) in [6.45, 7) is 8.89. The Morgan fingerprint density at radius 3 is 2.00 bits per heavy atom. The van der Waals surface area contributed by atoms with E-state index in [1.165, 1.54) is 10.8 Å². The first-order valence-corrected chi connectivity index (χ1v) is 9.51. The fourth-order valence-corrected chi connectivity index (χ4v) is 2.58. The molecular formula is C23H27N4+. The molecule has 0 atom stereocenters. The minimum absolute atomic E-state index is 0.887. The van der Waals surface area contributed by atoms with Gasteiger partial charge in [-0.3, -0.25) is 4.98 Å². The quantitative estimate of drug-likeness (QED) is 0.306. The Balaban J connectivity index is 0.000000174. The molecule has 0 fully saturated rings. The first kappa shape index (κ1) is 20.2. The SMILES string of the molecule is C1=Nc2cncc[n+]2C1.CC.CC.c1ccc2nc3ccccc3cc2c1. The molecule has 0 radical (unpaired) electrons. The fraction of sp³-hybridized carbons (Fsp3) is 0.217. The molecule has 0 unspecified atom stereocenters. The molecular weight excluding hydrogens is 332 g/mol. The lowest BCUT2D eigenvalue weighted by atomic mass is 10.1. The molecule has 0 saturated carbocycles. The molecule has 1 aliphatic heterocycles. The van der Waals surface area contributed by atoms with Gasteiger partial charge < -0.3 is 0 Å². The number of aliphatic imine (C=N–C) groups is 1. The van der Waals surface area contributed by atoms with E-state index in [1.54, 1.807) is 12.4 Å². The van der Waals surface area contributed by atoms with Crippen LogP contribution in [-0.2, 0) is 6.54 Å². The third kappa shape index (κ3) is 5.17. The van der Waals surface area contributed by atoms with Gasteiger partial charge in [0.05, 0.1) is 17.2 Å². The molecule has 0 spiro atoms. The highest BCUT2D eigenvalue weighted by molar-refractivity contribution is 5.92. The van der Waals surface area contributed by atoms with Crippen molar-refractivity contribution < 1.29 is 4.57 Å². The van der Waals surface area contributed by atoms with Crippen LogP contribution in [0.4, 0.5) is 5.82 Å². The predicted octanol–water partition coefficient (Wildman–Crippen LogP) is 5.53. The fourth-order valence-electron chi connectivity index (χ4n) is 2.58. The average Bonchev–Trinajstić information content (AvgIpc) is 3.24. The van der Waals surface area contributed by atoms with E-state index in [0.29, 0.717) is 0 Å². The van der Waals surface area contributed by atoms with E-state index in [9.17, 15) is 0 Å². The summed E-state index contributed by atoms with van der Waals surface area (Å²) >= 11 is 0. The van der Waals surface area contributed by atoms with Gasteiger partial charge >= 0.3 is 5.82 Å². The van der Waals surface area contributed by atoms with Crippen LogP contribution in [0.15, 0.2) is 78.2 Å². The van der Waals surface area contributed by atoms with Gasteiger partial charge in [-0.25, -0.2) is 9.55 Å². The molecule has 0 bridgehead atoms. The maximum absolute atomic E-state index is 4.58. The van der Waals surface area contributed by atoms with Crippen LogP contribution in [0.1, 0.15) is 27.7 Å². The first-order chi connectivity index (χ1) is 13.4. The second-order valence-electron chi connectivity index (χ2n) is 5.27. The van der Waals surface area contributed by atoms with Crippen molar-refractivity contribution in [2.24, 2.45) is 4.99 Å². The van der Waals surface area contributed by atoms with E-state index in [1.807, 2.05) is 81.1 Å². The zero-order chi connectivity index (χ0) is 19.5. The highest BCUT2D eigenvalue weighted by atomic mass is 15.1. The summed E-state index contributed by atoms with van der Waals surface area (Å²) in [6, 6.07) is 18.6. The molecule has 0 N–H and O–H groups in total. The molecule has 0 amide bonds. The number of nitrogens with zero attached hydrogens (tertiary/aromatic N) is 4. The van der Waals surface area contributed by atoms with Gasteiger partial charge in [-0.05, 0) is 23.2 Å². The number of pyridine rings is 1. The van der Waals surface area contributed by atoms with Crippen LogP contribution in [0, 0.1) is 0 Å². The maximum Gasteiger partial charge on any atom is 0.341 e. The number of benzene rings is 2. The van der Waals surface area contributed by atoms with Crippen molar-refractivity contribution in [2.45, 2.75) is 34.2 Å². The average molecular weight is 359 g/mol. The van der Waals surface area contributed by atoms with Crippen molar-refractivity contribution in [3.8, 4) is 0 Å². The normalized spacial score (nSPS) is 10.7. The van der Waals surface area contributed by atoms with Gasteiger partial charge in [-0.15, -0.1) is 0 Å². The van der Waals surface area contributed by atoms with Crippen LogP contribution in [0.5, 0.6) is 0 Å². The summed E-state index contributed by atoms with van der Waals surface area (Å²) < 4.78 is 2.03. The Morgan fingerprint density at radius 2 is 1.41 bits per heavy atom. The lowest BCUT2D eigenvalue weighted by molar-refractivity contribution is -0.663. The van der Waals surface area contributed by atoms with Crippen LogP contribution in [0.2, 0.25) is 0 Å². The Bertz CT molecular complexity index is 904. The third-order valence-corrected chi connectivity index (χ3v) is 3.74. The molecule has 2 aromatic heterocycles. The number of para-hydroxylation sites is 2. The monoisotopic (exact) mass is 359 g/mol. The van der Waals surface area contributed by atoms with Crippen LogP contribution in [0.25, 0.3) is 21.8 Å². The summed E-state index contributed by atoms with van der Waals surface area (Å²) in [4.78, 5) is 12.6. The first-order valence-electron chi connectivity index (χ1n) is 9.51. The summed E-state index contributed by atoms with van der Waals surface area (Å²) in [6.07, 6.45) is 7.31. The molecule has 4 aromatic rings. The molecule has 27 heavy (non-hydrogen) atoms. The molecule has 0 saturated heterocycles. The van der Waals surface area contributed by atoms with Crippen LogP contribution < -0.4 is 4.57 Å². The minimum Gasteiger partial charge on any atom is -0.252 e. The van der Waals surface area contributed by atoms with E-state index >= 15 is 0 Å². The van der Waals surface area contributed by atoms with E-state index < -0.39 is 0 Å². The minimum atomic E-state index is 0.887. The van der Waals surface area contributed by atoms with Crippen molar-refractivity contribution in [3.05, 3.63) is 73.2 Å². The summed E-state index contributed by atoms with van der Waals surface area (Å²) in [5.41, 5.74) is 2.12. The molecule has 5 rings (SSSR count). The lowest BCUT2D eigenvalue weighted by Gasteiger charge is -1.99. The highest BCUT2D eigenvalue weighted by Gasteiger charge is 2.12. The lowest BCUT2D eigenvalue weighted by Crippen LogP contribution is -2.30. The standard InChI is InChI=1S/C13H9N.C6H6N3.2C2H6/c1-3-7-12-10(5-1)9-11-6-2-4-8-13(11)14-12;1-3-9-4-2-8-6(9)5-7-1;2*1-2/h1-9H;1-3,5H,4H2;2*1-2H3/q;+1;;. The number of hydrogen-bond acceptors (Lipinski definition) is 3. The van der Waals surface area contributed by atoms with Crippen LogP contribution in [-0.4, -0.2) is 16.2 Å². The smallest absolute Gasteiger partial charge is 0.252 e. The number of aromatic nitrogens is 3. The van der Waals surface area contributed by atoms with Crippen molar-refractivity contribution in [1.29, 1.82) is 0 Å². The van der Waals surface area contributed by atoms with Crippen molar-refractivity contribution in [2.75, 3.05) is 0 Å². The van der Waals surface area contributed by atoms with Gasteiger partial charge in [0, 0.05) is 10.8 Å². The molecule has 3 heterocycles. The van der Waals surface area contributed by atoms with E-state index in [0.717, 1.165) is 23.4 Å². The summed E-state index contributed by atoms with van der Waals surface area (Å²) in [5.74, 6) is 0.942. The van der Waals surface area contributed by atoms with E-state index in [2.05, 4.69) is 33.2 Å². The van der Waals surface area contributed by atoms with Gasteiger partial charge in [-0.2, -0.15) is 0 Å². The molecule has 2 aromatic carbocycles. The number of rotatable bonds is 0. The molecule has 4 nitrogen and oxygen atoms in total. The summed E-state index contributed by atoms with van der Waals surface area (Å²) in [7, 11) is 0. The van der Waals surface area contributed by atoms with Crippen LogP contribution >= 0.6 is 0 Å². The van der Waals surface area contributed by atoms with E-state index in [4.69, 9.17) is 0 Å². The maximum atomic E-state index is 4.58. The number of hydrogen-bond donors (Lipinski definition) is 0. The molecule has 0 aliphatic carbocycles. The highest BCUT2D eigenvalue weighted by Crippen LogP contribution is 2.18. The zero-order valence-electron chi connectivity index (χ0n) is 16.5. The Hall–Kier alpha value is -3.14. The summed E-state index contributed by atoms with van der Waals surface area (Å²) in [5, 5.41) is 2.40. The Kier molecular flexibility index (Phi) is 8.04. The van der Waals surface area contributed by atoms with Crippen molar-refractivity contribution >= 4 is 33.8 Å². The molecule has 1 aliphatic rings. The Morgan fingerprint density at radius 1 is 0.815 bits per heavy atom. The van der Waals surface area contributed by atoms with Gasteiger partial charge in [0.25, 0.3) is 0 Å². The van der Waals surface area contributed by atoms with Gasteiger partial charge in [0.1, 0.15) is 18.9 Å². The zero-order valence-corrected chi connectivity index (χ0v) is 16.5. The Labute approximate surface area is 161 Å². The number of fused-ring (bicyclic) bond motifs is 3. The predicted molar refractivity (Wildman–Crippen MR) is 115 cm³/mol. The third-order valence-electron chi connectivity index (χ3n) is 3.74. The van der Waals surface area contributed by atoms with Crippen molar-refractivity contribution in [3.63, 3.8) is 0 Å².